The van der Waals surface area contributed by atoms with Gasteiger partial charge in [0.15, 0.2) is 5.96 Å². The molecule has 2 aromatic carbocycles. The Balaban J connectivity index is 1.60. The molecule has 0 bridgehead atoms. The van der Waals surface area contributed by atoms with Crippen LogP contribution in [-0.2, 0) is 22.0 Å². The third-order valence-electron chi connectivity index (χ3n) is 5.48. The summed E-state index contributed by atoms with van der Waals surface area (Å²) in [7, 11) is -1.91. The molecule has 6 nitrogen and oxygen atoms in total. The van der Waals surface area contributed by atoms with Crippen LogP contribution in [0, 0.1) is 0 Å². The van der Waals surface area contributed by atoms with Crippen LogP contribution in [0.2, 0.25) is 0 Å². The number of primary sulfonamides is 1. The molecule has 0 spiro atoms. The molecule has 4 N–H and O–H groups in total. The zero-order valence-electron chi connectivity index (χ0n) is 16.2. The standard InChI is InChI=1S/C21H28N4O2S/c1-23-20(24-15-17-9-11-19(12-10-17)28(22,26)27)25-16-21(13-5-6-14-21)18-7-3-2-4-8-18/h2-4,7-12H,5-6,13-16H2,1H3,(H2,22,26,27)(H2,23,24,25). The van der Waals surface area contributed by atoms with E-state index >= 15 is 0 Å². The third-order valence-corrected chi connectivity index (χ3v) is 6.41. The molecule has 28 heavy (non-hydrogen) atoms. The van der Waals surface area contributed by atoms with E-state index < -0.39 is 10.0 Å². The molecule has 0 saturated heterocycles. The molecular weight excluding hydrogens is 372 g/mol. The second-order valence-electron chi connectivity index (χ2n) is 7.32. The molecule has 0 atom stereocenters. The number of nitrogens with one attached hydrogen (secondary N) is 2. The normalized spacial score (nSPS) is 16.7. The molecule has 1 fully saturated rings. The highest BCUT2D eigenvalue weighted by Crippen LogP contribution is 2.40. The maximum Gasteiger partial charge on any atom is 0.238 e. The molecule has 0 aromatic heterocycles. The summed E-state index contributed by atoms with van der Waals surface area (Å²) in [6.07, 6.45) is 4.85. The lowest BCUT2D eigenvalue weighted by Gasteiger charge is -2.30. The van der Waals surface area contributed by atoms with Crippen molar-refractivity contribution in [3.63, 3.8) is 0 Å². The van der Waals surface area contributed by atoms with E-state index in [-0.39, 0.29) is 10.3 Å². The van der Waals surface area contributed by atoms with Crippen LogP contribution >= 0.6 is 0 Å². The fraction of sp³-hybridized carbons (Fsp3) is 0.381. The Morgan fingerprint density at radius 3 is 2.25 bits per heavy atom. The zero-order chi connectivity index (χ0) is 20.0. The van der Waals surface area contributed by atoms with E-state index in [1.54, 1.807) is 19.2 Å². The van der Waals surface area contributed by atoms with Gasteiger partial charge in [0.1, 0.15) is 0 Å². The van der Waals surface area contributed by atoms with Crippen LogP contribution in [0.1, 0.15) is 36.8 Å². The predicted molar refractivity (Wildman–Crippen MR) is 113 cm³/mol. The van der Waals surface area contributed by atoms with Crippen molar-refractivity contribution in [3.05, 3.63) is 65.7 Å². The number of nitrogens with two attached hydrogens (primary N) is 1. The van der Waals surface area contributed by atoms with Crippen LogP contribution in [0.4, 0.5) is 0 Å². The Bertz CT molecular complexity index is 903. The van der Waals surface area contributed by atoms with Crippen molar-refractivity contribution in [3.8, 4) is 0 Å². The van der Waals surface area contributed by atoms with Crippen LogP contribution in [0.3, 0.4) is 0 Å². The summed E-state index contributed by atoms with van der Waals surface area (Å²) in [6, 6.07) is 17.2. The van der Waals surface area contributed by atoms with Gasteiger partial charge in [-0.25, -0.2) is 13.6 Å². The van der Waals surface area contributed by atoms with Crippen molar-refractivity contribution in [2.24, 2.45) is 10.1 Å². The fourth-order valence-electron chi connectivity index (χ4n) is 3.87. The van der Waals surface area contributed by atoms with Crippen LogP contribution in [0.25, 0.3) is 0 Å². The van der Waals surface area contributed by atoms with Gasteiger partial charge in [-0.1, -0.05) is 55.3 Å². The molecule has 2 aromatic rings. The Kier molecular flexibility index (Phi) is 6.36. The number of sulfonamides is 1. The number of aliphatic imine (C=N–C) groups is 1. The first kappa shape index (κ1) is 20.4. The summed E-state index contributed by atoms with van der Waals surface area (Å²) in [5, 5.41) is 11.9. The molecule has 0 aliphatic heterocycles. The number of rotatable bonds is 6. The van der Waals surface area contributed by atoms with Gasteiger partial charge in [0, 0.05) is 25.6 Å². The van der Waals surface area contributed by atoms with Gasteiger partial charge >= 0.3 is 0 Å². The highest BCUT2D eigenvalue weighted by molar-refractivity contribution is 7.89. The van der Waals surface area contributed by atoms with E-state index in [0.717, 1.165) is 18.1 Å². The van der Waals surface area contributed by atoms with Gasteiger partial charge in [-0.05, 0) is 36.1 Å². The molecule has 0 radical (unpaired) electrons. The van der Waals surface area contributed by atoms with Crippen molar-refractivity contribution in [2.75, 3.05) is 13.6 Å². The monoisotopic (exact) mass is 400 g/mol. The molecule has 1 aliphatic carbocycles. The predicted octanol–water partition coefficient (Wildman–Crippen LogP) is 2.51. The van der Waals surface area contributed by atoms with Crippen molar-refractivity contribution in [1.82, 2.24) is 10.6 Å². The molecule has 7 heteroatoms. The van der Waals surface area contributed by atoms with Gasteiger partial charge < -0.3 is 10.6 Å². The minimum Gasteiger partial charge on any atom is -0.356 e. The molecule has 3 rings (SSSR count). The Labute approximate surface area is 167 Å². The number of nitrogens with zero attached hydrogens (tertiary/aromatic N) is 1. The first-order valence-electron chi connectivity index (χ1n) is 9.55. The summed E-state index contributed by atoms with van der Waals surface area (Å²) in [6.45, 7) is 1.38. The average molecular weight is 401 g/mol. The minimum absolute atomic E-state index is 0.116. The van der Waals surface area contributed by atoms with Crippen LogP contribution < -0.4 is 15.8 Å². The Morgan fingerprint density at radius 1 is 1.04 bits per heavy atom. The lowest BCUT2D eigenvalue weighted by Crippen LogP contribution is -2.44. The van der Waals surface area contributed by atoms with Gasteiger partial charge in [0.2, 0.25) is 10.0 Å². The summed E-state index contributed by atoms with van der Waals surface area (Å²) in [5.74, 6) is 0.734. The lowest BCUT2D eigenvalue weighted by atomic mass is 9.79. The summed E-state index contributed by atoms with van der Waals surface area (Å²) < 4.78 is 22.7. The Morgan fingerprint density at radius 2 is 1.68 bits per heavy atom. The highest BCUT2D eigenvalue weighted by atomic mass is 32.2. The molecule has 0 heterocycles. The Hall–Kier alpha value is -2.38. The maximum absolute atomic E-state index is 11.3. The lowest BCUT2D eigenvalue weighted by molar-refractivity contribution is 0.431. The number of guanidine groups is 1. The molecule has 0 unspecified atom stereocenters. The van der Waals surface area contributed by atoms with E-state index in [1.807, 2.05) is 0 Å². The summed E-state index contributed by atoms with van der Waals surface area (Å²) in [4.78, 5) is 4.44. The van der Waals surface area contributed by atoms with Crippen molar-refractivity contribution in [1.29, 1.82) is 0 Å². The average Bonchev–Trinajstić information content (AvgIpc) is 3.19. The second-order valence-corrected chi connectivity index (χ2v) is 8.88. The van der Waals surface area contributed by atoms with Crippen LogP contribution in [0.5, 0.6) is 0 Å². The zero-order valence-corrected chi connectivity index (χ0v) is 17.0. The summed E-state index contributed by atoms with van der Waals surface area (Å²) in [5.41, 5.74) is 2.48. The maximum atomic E-state index is 11.3. The fourth-order valence-corrected chi connectivity index (χ4v) is 4.38. The SMILES string of the molecule is CN=C(NCc1ccc(S(N)(=O)=O)cc1)NCC1(c2ccccc2)CCCC1. The van der Waals surface area contributed by atoms with Gasteiger partial charge in [-0.2, -0.15) is 0 Å². The molecule has 150 valence electrons. The number of hydrogen-bond acceptors (Lipinski definition) is 3. The van der Waals surface area contributed by atoms with Gasteiger partial charge in [-0.3, -0.25) is 4.99 Å². The molecule has 0 amide bonds. The van der Waals surface area contributed by atoms with E-state index in [2.05, 4.69) is 46.0 Å². The molecular formula is C21H28N4O2S. The second kappa shape index (κ2) is 8.75. The van der Waals surface area contributed by atoms with Crippen molar-refractivity contribution < 1.29 is 8.42 Å². The van der Waals surface area contributed by atoms with Gasteiger partial charge in [0.05, 0.1) is 4.90 Å². The number of hydrogen-bond donors (Lipinski definition) is 3. The minimum atomic E-state index is -3.66. The highest BCUT2D eigenvalue weighted by Gasteiger charge is 2.35. The quantitative estimate of drug-likeness (QED) is 0.513. The van der Waals surface area contributed by atoms with E-state index in [4.69, 9.17) is 5.14 Å². The van der Waals surface area contributed by atoms with Crippen molar-refractivity contribution >= 4 is 16.0 Å². The first-order valence-corrected chi connectivity index (χ1v) is 11.1. The van der Waals surface area contributed by atoms with E-state index in [9.17, 15) is 8.42 Å². The van der Waals surface area contributed by atoms with E-state index in [1.165, 1.54) is 43.4 Å². The third kappa shape index (κ3) is 4.91. The van der Waals surface area contributed by atoms with Gasteiger partial charge in [0.25, 0.3) is 0 Å². The molecule has 1 saturated carbocycles. The largest absolute Gasteiger partial charge is 0.356 e. The molecule has 1 aliphatic rings. The van der Waals surface area contributed by atoms with Crippen LogP contribution in [0.15, 0.2) is 64.5 Å². The smallest absolute Gasteiger partial charge is 0.238 e. The van der Waals surface area contributed by atoms with Crippen molar-refractivity contribution in [2.45, 2.75) is 42.5 Å². The topological polar surface area (TPSA) is 96.6 Å². The number of benzene rings is 2. The van der Waals surface area contributed by atoms with E-state index in [0.29, 0.717) is 6.54 Å². The van der Waals surface area contributed by atoms with Crippen LogP contribution in [-0.4, -0.2) is 28.0 Å². The van der Waals surface area contributed by atoms with Gasteiger partial charge in [-0.15, -0.1) is 0 Å². The summed E-state index contributed by atoms with van der Waals surface area (Å²) >= 11 is 0. The first-order chi connectivity index (χ1) is 13.4.